The van der Waals surface area contributed by atoms with Crippen LogP contribution < -0.4 is 9.64 Å². The van der Waals surface area contributed by atoms with Crippen LogP contribution in [0.15, 0.2) is 43.0 Å². The number of aromatic nitrogens is 4. The summed E-state index contributed by atoms with van der Waals surface area (Å²) in [5.74, 6) is 0.696. The second-order valence-corrected chi connectivity index (χ2v) is 7.19. The highest BCUT2D eigenvalue weighted by molar-refractivity contribution is 5.73. The van der Waals surface area contributed by atoms with Crippen molar-refractivity contribution in [3.05, 3.63) is 53.1 Å². The zero-order chi connectivity index (χ0) is 22.5. The maximum absolute atomic E-state index is 12.0. The minimum absolute atomic E-state index is 0.140. The van der Waals surface area contributed by atoms with Crippen LogP contribution in [0.2, 0.25) is 0 Å². The highest BCUT2D eigenvalue weighted by Crippen LogP contribution is 2.37. The number of esters is 1. The van der Waals surface area contributed by atoms with E-state index in [1.807, 2.05) is 0 Å². The van der Waals surface area contributed by atoms with Crippen molar-refractivity contribution in [3.8, 4) is 23.0 Å². The summed E-state index contributed by atoms with van der Waals surface area (Å²) < 4.78 is 10.8. The smallest absolute Gasteiger partial charge is 0.373 e. The van der Waals surface area contributed by atoms with Gasteiger partial charge in [-0.1, -0.05) is 0 Å². The third-order valence-electron chi connectivity index (χ3n) is 5.21. The highest BCUT2D eigenvalue weighted by Gasteiger charge is 2.33. The van der Waals surface area contributed by atoms with Crippen LogP contribution in [0.3, 0.4) is 0 Å². The zero-order valence-corrected chi connectivity index (χ0v) is 17.4. The molecule has 11 heteroatoms. The van der Waals surface area contributed by atoms with E-state index in [-0.39, 0.29) is 29.3 Å². The Morgan fingerprint density at radius 1 is 1.22 bits per heavy atom. The third-order valence-corrected chi connectivity index (χ3v) is 5.21. The van der Waals surface area contributed by atoms with Gasteiger partial charge in [0, 0.05) is 31.0 Å². The lowest BCUT2D eigenvalue weighted by Gasteiger charge is -2.31. The average molecular weight is 438 g/mol. The molecular formula is C21H22N6O5. The van der Waals surface area contributed by atoms with Crippen LogP contribution in [0.25, 0.3) is 11.4 Å². The molecular weight excluding hydrogens is 416 g/mol. The van der Waals surface area contributed by atoms with Gasteiger partial charge in [-0.15, -0.1) is 0 Å². The third kappa shape index (κ3) is 4.51. The van der Waals surface area contributed by atoms with Gasteiger partial charge in [-0.2, -0.15) is 4.98 Å². The molecule has 11 nitrogen and oxygen atoms in total. The molecule has 1 N–H and O–H groups in total. The number of carbonyl (C=O) groups excluding carboxylic acids is 1. The van der Waals surface area contributed by atoms with Crippen LogP contribution in [0.5, 0.6) is 11.6 Å². The molecule has 0 unspecified atom stereocenters. The molecule has 1 aliphatic heterocycles. The van der Waals surface area contributed by atoms with Gasteiger partial charge in [0.15, 0.2) is 0 Å². The summed E-state index contributed by atoms with van der Waals surface area (Å²) in [4.78, 5) is 40.4. The Morgan fingerprint density at radius 2 is 1.97 bits per heavy atom. The number of benzene rings is 1. The molecule has 32 heavy (non-hydrogen) atoms. The van der Waals surface area contributed by atoms with Crippen LogP contribution >= 0.6 is 0 Å². The van der Waals surface area contributed by atoms with Crippen molar-refractivity contribution < 1.29 is 19.2 Å². The average Bonchev–Trinajstić information content (AvgIpc) is 3.34. The molecule has 0 amide bonds. The molecule has 1 fully saturated rings. The van der Waals surface area contributed by atoms with Gasteiger partial charge in [0.2, 0.25) is 5.82 Å². The first-order valence-corrected chi connectivity index (χ1v) is 10.3. The fourth-order valence-corrected chi connectivity index (χ4v) is 3.62. The lowest BCUT2D eigenvalue weighted by molar-refractivity contribution is -0.385. The van der Waals surface area contributed by atoms with E-state index in [2.05, 4.69) is 19.9 Å². The second kappa shape index (κ2) is 9.41. The predicted octanol–water partition coefficient (Wildman–Crippen LogP) is 3.35. The number of nitro groups is 1. The monoisotopic (exact) mass is 438 g/mol. The topological polar surface area (TPSA) is 136 Å². The number of anilines is 1. The quantitative estimate of drug-likeness (QED) is 0.334. The van der Waals surface area contributed by atoms with Crippen LogP contribution in [0.4, 0.5) is 11.5 Å². The summed E-state index contributed by atoms with van der Waals surface area (Å²) in [6.07, 6.45) is 5.68. The van der Waals surface area contributed by atoms with E-state index in [9.17, 15) is 14.9 Å². The first-order valence-electron chi connectivity index (χ1n) is 10.3. The lowest BCUT2D eigenvalue weighted by Crippen LogP contribution is -2.37. The number of hydrogen-bond acceptors (Lipinski definition) is 9. The molecule has 3 heterocycles. The summed E-state index contributed by atoms with van der Waals surface area (Å²) in [7, 11) is 0. The Morgan fingerprint density at radius 3 is 2.59 bits per heavy atom. The minimum atomic E-state index is -0.542. The van der Waals surface area contributed by atoms with E-state index in [1.165, 1.54) is 6.33 Å². The molecule has 0 radical (unpaired) electrons. The molecule has 166 valence electrons. The standard InChI is InChI=1S/C21H22N6O5/c1-2-31-21(28)15-7-11-26(12-8-15)19-17(27(29)30)20(25-13-24-19)32-16-5-3-14(4-6-16)18-22-9-10-23-18/h3-6,9-10,13,15H,2,7-8,11-12H2,1H3,(H,22,23). The van der Waals surface area contributed by atoms with E-state index < -0.39 is 4.92 Å². The molecule has 3 aromatic rings. The number of imidazole rings is 1. The van der Waals surface area contributed by atoms with Crippen LogP contribution in [-0.4, -0.2) is 50.5 Å². The van der Waals surface area contributed by atoms with Gasteiger partial charge in [0.05, 0.1) is 17.4 Å². The Balaban J connectivity index is 1.53. The lowest BCUT2D eigenvalue weighted by atomic mass is 9.97. The number of carbonyl (C=O) groups is 1. The van der Waals surface area contributed by atoms with Gasteiger partial charge in [0.1, 0.15) is 17.9 Å². The Hall–Kier alpha value is -4.02. The summed E-state index contributed by atoms with van der Waals surface area (Å²) >= 11 is 0. The van der Waals surface area contributed by atoms with Gasteiger partial charge >= 0.3 is 17.5 Å². The molecule has 0 aliphatic carbocycles. The first kappa shape index (κ1) is 21.2. The van der Waals surface area contributed by atoms with Crippen molar-refractivity contribution in [2.24, 2.45) is 5.92 Å². The van der Waals surface area contributed by atoms with Crippen molar-refractivity contribution in [2.45, 2.75) is 19.8 Å². The van der Waals surface area contributed by atoms with E-state index in [1.54, 1.807) is 48.5 Å². The summed E-state index contributed by atoms with van der Waals surface area (Å²) in [5.41, 5.74) is 0.543. The van der Waals surface area contributed by atoms with Crippen LogP contribution in [0.1, 0.15) is 19.8 Å². The number of ether oxygens (including phenoxy) is 2. The fourth-order valence-electron chi connectivity index (χ4n) is 3.62. The van der Waals surface area contributed by atoms with Gasteiger partial charge < -0.3 is 19.4 Å². The number of nitrogens with zero attached hydrogens (tertiary/aromatic N) is 5. The van der Waals surface area contributed by atoms with Gasteiger partial charge in [-0.05, 0) is 44.0 Å². The number of nitrogens with one attached hydrogen (secondary N) is 1. The van der Waals surface area contributed by atoms with E-state index in [0.717, 1.165) is 5.56 Å². The molecule has 4 rings (SSSR count). The van der Waals surface area contributed by atoms with E-state index >= 15 is 0 Å². The van der Waals surface area contributed by atoms with E-state index in [4.69, 9.17) is 9.47 Å². The molecule has 2 aromatic heterocycles. The SMILES string of the molecule is CCOC(=O)C1CCN(c2ncnc(Oc3ccc(-c4ncc[nH]4)cc3)c2[N+](=O)[O-])CC1. The summed E-state index contributed by atoms with van der Waals surface area (Å²) in [6, 6.07) is 6.97. The minimum Gasteiger partial charge on any atom is -0.466 e. The zero-order valence-electron chi connectivity index (χ0n) is 17.4. The number of hydrogen-bond donors (Lipinski definition) is 1. The van der Waals surface area contributed by atoms with Crippen molar-refractivity contribution in [2.75, 3.05) is 24.6 Å². The molecule has 1 saturated heterocycles. The molecule has 0 saturated carbocycles. The Labute approximate surface area is 183 Å². The van der Waals surface area contributed by atoms with Gasteiger partial charge in [-0.25, -0.2) is 9.97 Å². The van der Waals surface area contributed by atoms with Crippen molar-refractivity contribution in [1.82, 2.24) is 19.9 Å². The van der Waals surface area contributed by atoms with Gasteiger partial charge in [-0.3, -0.25) is 14.9 Å². The highest BCUT2D eigenvalue weighted by atomic mass is 16.6. The fraction of sp³-hybridized carbons (Fsp3) is 0.333. The van der Waals surface area contributed by atoms with Crippen LogP contribution in [0, 0.1) is 16.0 Å². The van der Waals surface area contributed by atoms with Crippen molar-refractivity contribution in [1.29, 1.82) is 0 Å². The number of H-pyrrole nitrogens is 1. The molecule has 0 atom stereocenters. The maximum Gasteiger partial charge on any atom is 0.373 e. The number of rotatable bonds is 7. The Bertz CT molecular complexity index is 1080. The summed E-state index contributed by atoms with van der Waals surface area (Å²) in [5, 5.41) is 11.9. The van der Waals surface area contributed by atoms with E-state index in [0.29, 0.717) is 44.1 Å². The first-order chi connectivity index (χ1) is 15.6. The number of aromatic amines is 1. The molecule has 1 aromatic carbocycles. The molecule has 0 spiro atoms. The van der Waals surface area contributed by atoms with Crippen molar-refractivity contribution >= 4 is 17.5 Å². The van der Waals surface area contributed by atoms with Crippen molar-refractivity contribution in [3.63, 3.8) is 0 Å². The largest absolute Gasteiger partial charge is 0.466 e. The predicted molar refractivity (Wildman–Crippen MR) is 114 cm³/mol. The Kier molecular flexibility index (Phi) is 6.24. The molecule has 0 bridgehead atoms. The second-order valence-electron chi connectivity index (χ2n) is 7.19. The summed E-state index contributed by atoms with van der Waals surface area (Å²) in [6.45, 7) is 2.99. The molecule has 1 aliphatic rings. The maximum atomic E-state index is 12.0. The normalized spacial score (nSPS) is 14.2. The van der Waals surface area contributed by atoms with Gasteiger partial charge in [0.25, 0.3) is 0 Å². The number of piperidine rings is 1. The van der Waals surface area contributed by atoms with Crippen LogP contribution in [-0.2, 0) is 9.53 Å².